The van der Waals surface area contributed by atoms with Crippen LogP contribution in [0.25, 0.3) is 0 Å². The number of carbonyl (C=O) groups is 1. The number of hydrogen-bond donors (Lipinski definition) is 1. The Morgan fingerprint density at radius 3 is 2.50 bits per heavy atom. The number of nitrogens with zero attached hydrogens (tertiary/aromatic N) is 2. The van der Waals surface area contributed by atoms with Gasteiger partial charge >= 0.3 is 0 Å². The summed E-state index contributed by atoms with van der Waals surface area (Å²) in [6, 6.07) is 12.3. The van der Waals surface area contributed by atoms with E-state index in [-0.39, 0.29) is 11.8 Å². The first-order valence-corrected chi connectivity index (χ1v) is 10.2. The molecule has 26 heavy (non-hydrogen) atoms. The SMILES string of the molecule is O=C(NCCc1cccnc1)C1CCN(S(=O)(=O)c2ccccc2)CC1. The maximum atomic E-state index is 12.6. The van der Waals surface area contributed by atoms with Crippen LogP contribution >= 0.6 is 0 Å². The molecule has 0 atom stereocenters. The minimum atomic E-state index is -3.47. The quantitative estimate of drug-likeness (QED) is 0.838. The third kappa shape index (κ3) is 4.47. The molecular formula is C19H23N3O3S. The highest BCUT2D eigenvalue weighted by Gasteiger charge is 2.31. The van der Waals surface area contributed by atoms with Crippen LogP contribution in [0.15, 0.2) is 59.8 Å². The van der Waals surface area contributed by atoms with Crippen LogP contribution in [-0.2, 0) is 21.2 Å². The second-order valence-corrected chi connectivity index (χ2v) is 8.33. The third-order valence-corrected chi connectivity index (χ3v) is 6.55. The summed E-state index contributed by atoms with van der Waals surface area (Å²) in [5, 5.41) is 2.95. The third-order valence-electron chi connectivity index (χ3n) is 4.64. The Balaban J connectivity index is 1.48. The van der Waals surface area contributed by atoms with Gasteiger partial charge in [0.15, 0.2) is 0 Å². The van der Waals surface area contributed by atoms with E-state index < -0.39 is 10.0 Å². The van der Waals surface area contributed by atoms with Gasteiger partial charge in [0.2, 0.25) is 15.9 Å². The Bertz CT molecular complexity index is 818. The molecule has 0 saturated carbocycles. The lowest BCUT2D eigenvalue weighted by Gasteiger charge is -2.30. The molecular weight excluding hydrogens is 350 g/mol. The van der Waals surface area contributed by atoms with Gasteiger partial charge in [0.1, 0.15) is 0 Å². The second kappa shape index (κ2) is 8.42. The molecule has 6 nitrogen and oxygen atoms in total. The first kappa shape index (κ1) is 18.5. The first-order valence-electron chi connectivity index (χ1n) is 8.79. The van der Waals surface area contributed by atoms with Crippen LogP contribution in [0.4, 0.5) is 0 Å². The number of nitrogens with one attached hydrogen (secondary N) is 1. The van der Waals surface area contributed by atoms with Gasteiger partial charge in [-0.1, -0.05) is 24.3 Å². The van der Waals surface area contributed by atoms with E-state index in [2.05, 4.69) is 10.3 Å². The Hall–Kier alpha value is -2.25. The number of amides is 1. The van der Waals surface area contributed by atoms with Crippen LogP contribution < -0.4 is 5.32 Å². The first-order chi connectivity index (χ1) is 12.6. The van der Waals surface area contributed by atoms with Crippen LogP contribution in [0, 0.1) is 5.92 Å². The molecule has 1 amide bonds. The van der Waals surface area contributed by atoms with Crippen molar-refractivity contribution < 1.29 is 13.2 Å². The van der Waals surface area contributed by atoms with Crippen molar-refractivity contribution in [2.24, 2.45) is 5.92 Å². The van der Waals surface area contributed by atoms with Gasteiger partial charge in [0.25, 0.3) is 0 Å². The average Bonchev–Trinajstić information content (AvgIpc) is 2.69. The second-order valence-electron chi connectivity index (χ2n) is 6.39. The predicted molar refractivity (Wildman–Crippen MR) is 98.9 cm³/mol. The number of aromatic nitrogens is 1. The van der Waals surface area contributed by atoms with E-state index in [1.165, 1.54) is 4.31 Å². The van der Waals surface area contributed by atoms with E-state index in [4.69, 9.17) is 0 Å². The maximum Gasteiger partial charge on any atom is 0.243 e. The van der Waals surface area contributed by atoms with E-state index in [0.717, 1.165) is 12.0 Å². The van der Waals surface area contributed by atoms with Crippen molar-refractivity contribution in [2.45, 2.75) is 24.2 Å². The molecule has 1 N–H and O–H groups in total. The smallest absolute Gasteiger partial charge is 0.243 e. The number of benzene rings is 1. The Labute approximate surface area is 154 Å². The number of rotatable bonds is 6. The van der Waals surface area contributed by atoms with Gasteiger partial charge in [-0.3, -0.25) is 9.78 Å². The molecule has 2 heterocycles. The molecule has 7 heteroatoms. The summed E-state index contributed by atoms with van der Waals surface area (Å²) >= 11 is 0. The maximum absolute atomic E-state index is 12.6. The topological polar surface area (TPSA) is 79.4 Å². The van der Waals surface area contributed by atoms with Gasteiger partial charge in [0, 0.05) is 37.9 Å². The molecule has 0 unspecified atom stereocenters. The highest BCUT2D eigenvalue weighted by atomic mass is 32.2. The Kier molecular flexibility index (Phi) is 6.00. The normalized spacial score (nSPS) is 16.3. The molecule has 2 aromatic rings. The molecule has 0 spiro atoms. The van der Waals surface area contributed by atoms with Crippen LogP contribution in [0.2, 0.25) is 0 Å². The van der Waals surface area contributed by atoms with E-state index >= 15 is 0 Å². The van der Waals surface area contributed by atoms with Crippen LogP contribution in [-0.4, -0.2) is 43.2 Å². The molecule has 3 rings (SSSR count). The van der Waals surface area contributed by atoms with Gasteiger partial charge in [-0.15, -0.1) is 0 Å². The molecule has 1 fully saturated rings. The summed E-state index contributed by atoms with van der Waals surface area (Å²) < 4.78 is 26.7. The monoisotopic (exact) mass is 373 g/mol. The molecule has 138 valence electrons. The van der Waals surface area contributed by atoms with E-state index in [9.17, 15) is 13.2 Å². The standard InChI is InChI=1S/C19H23N3O3S/c23-19(21-12-8-16-5-4-11-20-15-16)17-9-13-22(14-10-17)26(24,25)18-6-2-1-3-7-18/h1-7,11,15,17H,8-10,12-14H2,(H,21,23). The number of carbonyl (C=O) groups excluding carboxylic acids is 1. The number of piperidine rings is 1. The number of hydrogen-bond acceptors (Lipinski definition) is 4. The van der Waals surface area contributed by atoms with Gasteiger partial charge in [-0.25, -0.2) is 8.42 Å². The summed E-state index contributed by atoms with van der Waals surface area (Å²) in [6.45, 7) is 1.31. The van der Waals surface area contributed by atoms with Crippen molar-refractivity contribution in [3.8, 4) is 0 Å². The molecule has 1 aromatic heterocycles. The minimum Gasteiger partial charge on any atom is -0.356 e. The largest absolute Gasteiger partial charge is 0.356 e. The molecule has 0 bridgehead atoms. The van der Waals surface area contributed by atoms with Crippen molar-refractivity contribution in [3.05, 3.63) is 60.4 Å². The number of pyridine rings is 1. The lowest BCUT2D eigenvalue weighted by Crippen LogP contribution is -2.43. The van der Waals surface area contributed by atoms with E-state index in [1.807, 2.05) is 12.1 Å². The van der Waals surface area contributed by atoms with E-state index in [1.54, 1.807) is 42.7 Å². The zero-order valence-corrected chi connectivity index (χ0v) is 15.4. The van der Waals surface area contributed by atoms with Crippen molar-refractivity contribution in [1.29, 1.82) is 0 Å². The highest BCUT2D eigenvalue weighted by molar-refractivity contribution is 7.89. The fraction of sp³-hybridized carbons (Fsp3) is 0.368. The summed E-state index contributed by atoms with van der Waals surface area (Å²) in [7, 11) is -3.47. The Morgan fingerprint density at radius 1 is 1.12 bits per heavy atom. The fourth-order valence-electron chi connectivity index (χ4n) is 3.12. The molecule has 0 aliphatic carbocycles. The molecule has 0 radical (unpaired) electrons. The van der Waals surface area contributed by atoms with E-state index in [0.29, 0.717) is 37.4 Å². The van der Waals surface area contributed by atoms with Crippen LogP contribution in [0.5, 0.6) is 0 Å². The average molecular weight is 373 g/mol. The lowest BCUT2D eigenvalue weighted by molar-refractivity contribution is -0.126. The van der Waals surface area contributed by atoms with Crippen molar-refractivity contribution in [2.75, 3.05) is 19.6 Å². The summed E-state index contributed by atoms with van der Waals surface area (Å²) in [6.07, 6.45) is 5.34. The van der Waals surface area contributed by atoms with Crippen LogP contribution in [0.3, 0.4) is 0 Å². The van der Waals surface area contributed by atoms with Crippen molar-refractivity contribution >= 4 is 15.9 Å². The molecule has 1 aliphatic heterocycles. The Morgan fingerprint density at radius 2 is 1.85 bits per heavy atom. The zero-order chi connectivity index (χ0) is 18.4. The predicted octanol–water partition coefficient (Wildman–Crippen LogP) is 1.84. The van der Waals surface area contributed by atoms with Crippen molar-refractivity contribution in [1.82, 2.24) is 14.6 Å². The molecule has 1 aromatic carbocycles. The zero-order valence-electron chi connectivity index (χ0n) is 14.5. The molecule has 1 aliphatic rings. The highest BCUT2D eigenvalue weighted by Crippen LogP contribution is 2.23. The van der Waals surface area contributed by atoms with Crippen LogP contribution in [0.1, 0.15) is 18.4 Å². The minimum absolute atomic E-state index is 0.00523. The van der Waals surface area contributed by atoms with Gasteiger partial charge in [-0.05, 0) is 43.0 Å². The van der Waals surface area contributed by atoms with Gasteiger partial charge < -0.3 is 5.32 Å². The fourth-order valence-corrected chi connectivity index (χ4v) is 4.61. The molecule has 1 saturated heterocycles. The van der Waals surface area contributed by atoms with Gasteiger partial charge in [0.05, 0.1) is 4.90 Å². The lowest BCUT2D eigenvalue weighted by atomic mass is 9.97. The number of sulfonamides is 1. The van der Waals surface area contributed by atoms with Gasteiger partial charge in [-0.2, -0.15) is 4.31 Å². The summed E-state index contributed by atoms with van der Waals surface area (Å²) in [5.74, 6) is -0.128. The summed E-state index contributed by atoms with van der Waals surface area (Å²) in [4.78, 5) is 16.7. The summed E-state index contributed by atoms with van der Waals surface area (Å²) in [5.41, 5.74) is 1.08. The van der Waals surface area contributed by atoms with Crippen molar-refractivity contribution in [3.63, 3.8) is 0 Å².